The monoisotopic (exact) mass is 286 g/mol. The number of carbonyl (C=O) groups is 1. The average Bonchev–Trinajstić information content (AvgIpc) is 2.77. The second-order valence-corrected chi connectivity index (χ2v) is 5.94. The molecule has 0 unspecified atom stereocenters. The second-order valence-electron chi connectivity index (χ2n) is 5.09. The van der Waals surface area contributed by atoms with Crippen LogP contribution in [0.2, 0.25) is 0 Å². The summed E-state index contributed by atoms with van der Waals surface area (Å²) in [5.41, 5.74) is 0.970. The zero-order valence-corrected chi connectivity index (χ0v) is 12.8. The molecular weight excluding hydrogens is 264 g/mol. The lowest BCUT2D eigenvalue weighted by molar-refractivity contribution is -0.121. The van der Waals surface area contributed by atoms with Crippen molar-refractivity contribution in [2.75, 3.05) is 31.7 Å². The van der Waals surface area contributed by atoms with Crippen molar-refractivity contribution in [3.8, 4) is 0 Å². The van der Waals surface area contributed by atoms with Gasteiger partial charge in [0.15, 0.2) is 5.13 Å². The van der Waals surface area contributed by atoms with E-state index in [2.05, 4.69) is 31.1 Å². The van der Waals surface area contributed by atoms with Crippen molar-refractivity contribution in [3.05, 3.63) is 11.1 Å². The molecule has 0 aliphatic rings. The van der Waals surface area contributed by atoms with Gasteiger partial charge in [0, 0.05) is 17.4 Å². The van der Waals surface area contributed by atoms with Crippen LogP contribution in [-0.4, -0.2) is 37.3 Å². The molecule has 0 radical (unpaired) electrons. The van der Waals surface area contributed by atoms with Crippen LogP contribution in [0.15, 0.2) is 5.38 Å². The van der Waals surface area contributed by atoms with E-state index in [1.54, 1.807) is 0 Å². The van der Waals surface area contributed by atoms with Gasteiger partial charge >= 0.3 is 0 Å². The minimum Gasteiger partial charge on any atom is -0.379 e. The SMILES string of the molecule is CCOCCOCC(=O)Nc1nc(C(C)(C)C)cs1. The summed E-state index contributed by atoms with van der Waals surface area (Å²) in [7, 11) is 0. The molecule has 1 amide bonds. The lowest BCUT2D eigenvalue weighted by atomic mass is 9.93. The molecule has 0 fully saturated rings. The Morgan fingerprint density at radius 2 is 2.05 bits per heavy atom. The van der Waals surface area contributed by atoms with Crippen molar-refractivity contribution in [2.24, 2.45) is 0 Å². The number of carbonyl (C=O) groups excluding carboxylic acids is 1. The van der Waals surface area contributed by atoms with E-state index >= 15 is 0 Å². The van der Waals surface area contributed by atoms with Gasteiger partial charge in [0.05, 0.1) is 18.9 Å². The summed E-state index contributed by atoms with van der Waals surface area (Å²) < 4.78 is 10.3. The Labute approximate surface area is 118 Å². The molecule has 108 valence electrons. The van der Waals surface area contributed by atoms with Crippen LogP contribution in [0.5, 0.6) is 0 Å². The molecule has 1 rings (SSSR count). The molecule has 0 spiro atoms. The summed E-state index contributed by atoms with van der Waals surface area (Å²) in [5.74, 6) is -0.189. The van der Waals surface area contributed by atoms with E-state index in [1.807, 2.05) is 12.3 Å². The predicted molar refractivity (Wildman–Crippen MR) is 76.8 cm³/mol. The van der Waals surface area contributed by atoms with Crippen LogP contribution in [0, 0.1) is 0 Å². The van der Waals surface area contributed by atoms with E-state index < -0.39 is 0 Å². The Kier molecular flexibility index (Phi) is 6.41. The number of anilines is 1. The number of thiazole rings is 1. The normalized spacial score (nSPS) is 11.6. The molecule has 0 aliphatic heterocycles. The Morgan fingerprint density at radius 1 is 1.37 bits per heavy atom. The maximum atomic E-state index is 11.6. The first-order valence-corrected chi connectivity index (χ1v) is 7.22. The fraction of sp³-hybridized carbons (Fsp3) is 0.692. The number of hydrogen-bond donors (Lipinski definition) is 1. The molecule has 1 N–H and O–H groups in total. The largest absolute Gasteiger partial charge is 0.379 e. The smallest absolute Gasteiger partial charge is 0.252 e. The maximum Gasteiger partial charge on any atom is 0.252 e. The number of ether oxygens (including phenoxy) is 2. The summed E-state index contributed by atoms with van der Waals surface area (Å²) in [4.78, 5) is 16.0. The van der Waals surface area contributed by atoms with E-state index in [0.717, 1.165) is 5.69 Å². The zero-order chi connectivity index (χ0) is 14.3. The van der Waals surface area contributed by atoms with Crippen LogP contribution in [-0.2, 0) is 19.7 Å². The van der Waals surface area contributed by atoms with E-state index in [0.29, 0.717) is 25.0 Å². The number of aromatic nitrogens is 1. The highest BCUT2D eigenvalue weighted by molar-refractivity contribution is 7.13. The molecule has 5 nitrogen and oxygen atoms in total. The van der Waals surface area contributed by atoms with Crippen LogP contribution in [0.3, 0.4) is 0 Å². The lowest BCUT2D eigenvalue weighted by Crippen LogP contribution is -2.20. The molecule has 19 heavy (non-hydrogen) atoms. The molecule has 0 saturated heterocycles. The Balaban J connectivity index is 2.30. The third-order valence-corrected chi connectivity index (χ3v) is 3.09. The summed E-state index contributed by atoms with van der Waals surface area (Å²) in [6, 6.07) is 0. The highest BCUT2D eigenvalue weighted by Crippen LogP contribution is 2.26. The first-order chi connectivity index (χ1) is 8.93. The molecule has 1 aromatic heterocycles. The van der Waals surface area contributed by atoms with E-state index in [-0.39, 0.29) is 17.9 Å². The van der Waals surface area contributed by atoms with Crippen LogP contribution in [0.4, 0.5) is 5.13 Å². The third kappa shape index (κ3) is 6.13. The molecule has 0 aromatic carbocycles. The minimum atomic E-state index is -0.189. The second kappa shape index (κ2) is 7.57. The molecule has 0 bridgehead atoms. The molecule has 0 atom stereocenters. The Bertz CT molecular complexity index is 399. The predicted octanol–water partition coefficient (Wildman–Crippen LogP) is 2.43. The quantitative estimate of drug-likeness (QED) is 0.782. The minimum absolute atomic E-state index is 0.00648. The van der Waals surface area contributed by atoms with Gasteiger partial charge in [0.25, 0.3) is 5.91 Å². The zero-order valence-electron chi connectivity index (χ0n) is 12.0. The number of nitrogens with one attached hydrogen (secondary N) is 1. The standard InChI is InChI=1S/C13H22N2O3S/c1-5-17-6-7-18-8-11(16)15-12-14-10(9-19-12)13(2,3)4/h9H,5-8H2,1-4H3,(H,14,15,16). The first kappa shape index (κ1) is 16.1. The van der Waals surface area contributed by atoms with Gasteiger partial charge in [-0.2, -0.15) is 0 Å². The van der Waals surface area contributed by atoms with Crippen LogP contribution < -0.4 is 5.32 Å². The molecule has 1 aromatic rings. The topological polar surface area (TPSA) is 60.5 Å². The maximum absolute atomic E-state index is 11.6. The number of hydrogen-bond acceptors (Lipinski definition) is 5. The van der Waals surface area contributed by atoms with Crippen LogP contribution >= 0.6 is 11.3 Å². The summed E-state index contributed by atoms with van der Waals surface area (Å²) in [6.45, 7) is 9.80. The van der Waals surface area contributed by atoms with Gasteiger partial charge in [-0.15, -0.1) is 11.3 Å². The summed E-state index contributed by atoms with van der Waals surface area (Å²) in [6.07, 6.45) is 0. The van der Waals surface area contributed by atoms with Gasteiger partial charge in [-0.1, -0.05) is 20.8 Å². The highest BCUT2D eigenvalue weighted by atomic mass is 32.1. The molecule has 0 saturated carbocycles. The van der Waals surface area contributed by atoms with E-state index in [4.69, 9.17) is 9.47 Å². The van der Waals surface area contributed by atoms with E-state index in [9.17, 15) is 4.79 Å². The van der Waals surface area contributed by atoms with Crippen molar-refractivity contribution < 1.29 is 14.3 Å². The van der Waals surface area contributed by atoms with Gasteiger partial charge in [-0.05, 0) is 6.92 Å². The van der Waals surface area contributed by atoms with Gasteiger partial charge < -0.3 is 9.47 Å². The highest BCUT2D eigenvalue weighted by Gasteiger charge is 2.18. The number of rotatable bonds is 7. The molecular formula is C13H22N2O3S. The number of nitrogens with zero attached hydrogens (tertiary/aromatic N) is 1. The average molecular weight is 286 g/mol. The van der Waals surface area contributed by atoms with Crippen molar-refractivity contribution in [3.63, 3.8) is 0 Å². The van der Waals surface area contributed by atoms with Crippen molar-refractivity contribution in [1.82, 2.24) is 4.98 Å². The van der Waals surface area contributed by atoms with Gasteiger partial charge in [0.2, 0.25) is 0 Å². The molecule has 1 heterocycles. The third-order valence-electron chi connectivity index (χ3n) is 2.33. The number of amides is 1. The van der Waals surface area contributed by atoms with Gasteiger partial charge in [0.1, 0.15) is 6.61 Å². The fourth-order valence-corrected chi connectivity index (χ4v) is 2.21. The molecule has 6 heteroatoms. The summed E-state index contributed by atoms with van der Waals surface area (Å²) >= 11 is 1.43. The van der Waals surface area contributed by atoms with Crippen LogP contribution in [0.1, 0.15) is 33.4 Å². The van der Waals surface area contributed by atoms with E-state index in [1.165, 1.54) is 11.3 Å². The molecule has 0 aliphatic carbocycles. The van der Waals surface area contributed by atoms with Crippen molar-refractivity contribution in [2.45, 2.75) is 33.1 Å². The van der Waals surface area contributed by atoms with Crippen LogP contribution in [0.25, 0.3) is 0 Å². The van der Waals surface area contributed by atoms with Gasteiger partial charge in [-0.25, -0.2) is 4.98 Å². The Hall–Kier alpha value is -0.980. The first-order valence-electron chi connectivity index (χ1n) is 6.35. The fourth-order valence-electron chi connectivity index (χ4n) is 1.26. The van der Waals surface area contributed by atoms with Crippen molar-refractivity contribution in [1.29, 1.82) is 0 Å². The lowest BCUT2D eigenvalue weighted by Gasteiger charge is -2.14. The van der Waals surface area contributed by atoms with Gasteiger partial charge in [-0.3, -0.25) is 10.1 Å². The summed E-state index contributed by atoms with van der Waals surface area (Å²) in [5, 5.41) is 5.31. The van der Waals surface area contributed by atoms with Crippen molar-refractivity contribution >= 4 is 22.4 Å². The Morgan fingerprint density at radius 3 is 2.63 bits per heavy atom.